The molecule has 0 N–H and O–H groups in total. The summed E-state index contributed by atoms with van der Waals surface area (Å²) in [6.07, 6.45) is 0. The van der Waals surface area contributed by atoms with E-state index in [2.05, 4.69) is 16.8 Å². The van der Waals surface area contributed by atoms with Crippen molar-refractivity contribution in [2.75, 3.05) is 39.8 Å². The van der Waals surface area contributed by atoms with E-state index in [9.17, 15) is 4.79 Å². The molecule has 1 saturated heterocycles. The Morgan fingerprint density at radius 2 is 1.89 bits per heavy atom. The predicted molar refractivity (Wildman–Crippen MR) is 74.7 cm³/mol. The molecule has 18 heavy (non-hydrogen) atoms. The molecule has 0 aliphatic carbocycles. The van der Waals surface area contributed by atoms with Crippen LogP contribution in [0.5, 0.6) is 0 Å². The lowest BCUT2D eigenvalue weighted by Gasteiger charge is -2.31. The van der Waals surface area contributed by atoms with Gasteiger partial charge in [0.05, 0.1) is 11.6 Å². The van der Waals surface area contributed by atoms with Crippen LogP contribution in [0.15, 0.2) is 18.2 Å². The number of hydrogen-bond acceptors (Lipinski definition) is 3. The van der Waals surface area contributed by atoms with Crippen LogP contribution in [0, 0.1) is 0 Å². The number of piperazine rings is 1. The Hall–Kier alpha value is -0.610. The zero-order chi connectivity index (χ0) is 13.1. The van der Waals surface area contributed by atoms with E-state index in [1.165, 1.54) is 0 Å². The van der Waals surface area contributed by atoms with Gasteiger partial charge in [0.15, 0.2) is 5.78 Å². The fourth-order valence-corrected chi connectivity index (χ4v) is 2.52. The van der Waals surface area contributed by atoms with Crippen LogP contribution < -0.4 is 0 Å². The number of hydrogen-bond donors (Lipinski definition) is 0. The zero-order valence-corrected chi connectivity index (χ0v) is 11.8. The third kappa shape index (κ3) is 3.45. The molecular formula is C13H16Cl2N2O. The van der Waals surface area contributed by atoms with Gasteiger partial charge in [0, 0.05) is 36.8 Å². The number of nitrogens with zero attached hydrogens (tertiary/aromatic N) is 2. The number of carbonyl (C=O) groups excluding carboxylic acids is 1. The van der Waals surface area contributed by atoms with Crippen molar-refractivity contribution in [3.05, 3.63) is 33.8 Å². The number of Topliss-reactive ketones (excluding diaryl/α,β-unsaturated/α-hetero) is 1. The minimum Gasteiger partial charge on any atom is -0.304 e. The number of carbonyl (C=O) groups is 1. The highest BCUT2D eigenvalue weighted by molar-refractivity contribution is 6.36. The summed E-state index contributed by atoms with van der Waals surface area (Å²) in [5.74, 6) is 0.0567. The average Bonchev–Trinajstić information content (AvgIpc) is 2.32. The van der Waals surface area contributed by atoms with Crippen LogP contribution in [0.3, 0.4) is 0 Å². The van der Waals surface area contributed by atoms with E-state index in [4.69, 9.17) is 23.2 Å². The fourth-order valence-electron chi connectivity index (χ4n) is 2.01. The molecule has 0 aromatic heterocycles. The first-order chi connectivity index (χ1) is 8.56. The summed E-state index contributed by atoms with van der Waals surface area (Å²) in [4.78, 5) is 16.6. The molecule has 1 aromatic carbocycles. The zero-order valence-electron chi connectivity index (χ0n) is 10.3. The van der Waals surface area contributed by atoms with E-state index < -0.39 is 0 Å². The second kappa shape index (κ2) is 6.02. The van der Waals surface area contributed by atoms with Crippen LogP contribution in [0.4, 0.5) is 0 Å². The first-order valence-corrected chi connectivity index (χ1v) is 6.71. The van der Waals surface area contributed by atoms with Crippen LogP contribution in [-0.4, -0.2) is 55.4 Å². The summed E-state index contributed by atoms with van der Waals surface area (Å²) in [7, 11) is 2.09. The van der Waals surface area contributed by atoms with Gasteiger partial charge in [-0.3, -0.25) is 9.69 Å². The number of rotatable bonds is 3. The van der Waals surface area contributed by atoms with Gasteiger partial charge in [-0.05, 0) is 25.2 Å². The summed E-state index contributed by atoms with van der Waals surface area (Å²) in [6.45, 7) is 4.28. The van der Waals surface area contributed by atoms with Gasteiger partial charge in [-0.25, -0.2) is 0 Å². The van der Waals surface area contributed by atoms with Crippen molar-refractivity contribution in [3.8, 4) is 0 Å². The molecular weight excluding hydrogens is 271 g/mol. The van der Waals surface area contributed by atoms with Crippen molar-refractivity contribution in [2.45, 2.75) is 0 Å². The van der Waals surface area contributed by atoms with Gasteiger partial charge in [0.25, 0.3) is 0 Å². The van der Waals surface area contributed by atoms with Crippen molar-refractivity contribution in [2.24, 2.45) is 0 Å². The molecule has 1 aliphatic heterocycles. The Bertz CT molecular complexity index is 443. The van der Waals surface area contributed by atoms with E-state index in [0.29, 0.717) is 22.2 Å². The average molecular weight is 287 g/mol. The Kier molecular flexibility index (Phi) is 4.62. The molecule has 0 radical (unpaired) electrons. The summed E-state index contributed by atoms with van der Waals surface area (Å²) >= 11 is 11.9. The number of likely N-dealkylation sites (N-methyl/N-ethyl adjacent to an activating group) is 1. The monoisotopic (exact) mass is 286 g/mol. The maximum atomic E-state index is 12.1. The lowest BCUT2D eigenvalue weighted by atomic mass is 10.1. The molecule has 0 bridgehead atoms. The van der Waals surface area contributed by atoms with E-state index in [0.717, 1.165) is 26.2 Å². The molecule has 1 aliphatic rings. The van der Waals surface area contributed by atoms with Crippen molar-refractivity contribution >= 4 is 29.0 Å². The smallest absolute Gasteiger partial charge is 0.178 e. The number of halogens is 2. The highest BCUT2D eigenvalue weighted by atomic mass is 35.5. The maximum absolute atomic E-state index is 12.1. The molecule has 0 spiro atoms. The molecule has 5 heteroatoms. The third-order valence-electron chi connectivity index (χ3n) is 3.19. The highest BCUT2D eigenvalue weighted by Gasteiger charge is 2.18. The SMILES string of the molecule is CN1CCN(CC(=O)c2ccc(Cl)cc2Cl)CC1. The highest BCUT2D eigenvalue weighted by Crippen LogP contribution is 2.21. The Labute approximate surface area is 117 Å². The Morgan fingerprint density at radius 3 is 2.50 bits per heavy atom. The summed E-state index contributed by atoms with van der Waals surface area (Å²) in [6, 6.07) is 5.01. The molecule has 98 valence electrons. The van der Waals surface area contributed by atoms with E-state index in [-0.39, 0.29) is 5.78 Å². The van der Waals surface area contributed by atoms with E-state index in [1.54, 1.807) is 18.2 Å². The molecule has 0 unspecified atom stereocenters. The second-order valence-electron chi connectivity index (χ2n) is 4.63. The lowest BCUT2D eigenvalue weighted by Crippen LogP contribution is -2.46. The van der Waals surface area contributed by atoms with Gasteiger partial charge < -0.3 is 4.90 Å². The molecule has 1 heterocycles. The standard InChI is InChI=1S/C13H16Cl2N2O/c1-16-4-6-17(7-5-16)9-13(18)11-3-2-10(14)8-12(11)15/h2-3,8H,4-7,9H2,1H3. The largest absolute Gasteiger partial charge is 0.304 e. The van der Waals surface area contributed by atoms with Gasteiger partial charge in [-0.1, -0.05) is 23.2 Å². The van der Waals surface area contributed by atoms with E-state index in [1.807, 2.05) is 0 Å². The van der Waals surface area contributed by atoms with E-state index >= 15 is 0 Å². The van der Waals surface area contributed by atoms with Crippen LogP contribution in [0.1, 0.15) is 10.4 Å². The second-order valence-corrected chi connectivity index (χ2v) is 5.47. The number of benzene rings is 1. The summed E-state index contributed by atoms with van der Waals surface area (Å²) < 4.78 is 0. The fraction of sp³-hybridized carbons (Fsp3) is 0.462. The predicted octanol–water partition coefficient (Wildman–Crippen LogP) is 2.42. The van der Waals surface area contributed by atoms with Crippen molar-refractivity contribution in [3.63, 3.8) is 0 Å². The quantitative estimate of drug-likeness (QED) is 0.798. The van der Waals surface area contributed by atoms with Gasteiger partial charge in [-0.2, -0.15) is 0 Å². The molecule has 2 rings (SSSR count). The van der Waals surface area contributed by atoms with Crippen molar-refractivity contribution in [1.82, 2.24) is 9.80 Å². The minimum atomic E-state index is 0.0567. The van der Waals surface area contributed by atoms with Crippen LogP contribution >= 0.6 is 23.2 Å². The molecule has 0 saturated carbocycles. The van der Waals surface area contributed by atoms with Gasteiger partial charge in [-0.15, -0.1) is 0 Å². The summed E-state index contributed by atoms with van der Waals surface area (Å²) in [5, 5.41) is 0.984. The maximum Gasteiger partial charge on any atom is 0.178 e. The number of ketones is 1. The summed E-state index contributed by atoms with van der Waals surface area (Å²) in [5.41, 5.74) is 0.556. The molecule has 3 nitrogen and oxygen atoms in total. The van der Waals surface area contributed by atoms with Crippen LogP contribution in [-0.2, 0) is 0 Å². The van der Waals surface area contributed by atoms with Gasteiger partial charge in [0.2, 0.25) is 0 Å². The first-order valence-electron chi connectivity index (χ1n) is 5.95. The first kappa shape index (κ1) is 13.8. The van der Waals surface area contributed by atoms with Crippen molar-refractivity contribution < 1.29 is 4.79 Å². The molecule has 1 aromatic rings. The van der Waals surface area contributed by atoms with Gasteiger partial charge >= 0.3 is 0 Å². The lowest BCUT2D eigenvalue weighted by molar-refractivity contribution is 0.0876. The Morgan fingerprint density at radius 1 is 1.22 bits per heavy atom. The van der Waals surface area contributed by atoms with Crippen LogP contribution in [0.2, 0.25) is 10.0 Å². The van der Waals surface area contributed by atoms with Crippen molar-refractivity contribution in [1.29, 1.82) is 0 Å². The third-order valence-corrected chi connectivity index (χ3v) is 3.74. The minimum absolute atomic E-state index is 0.0567. The van der Waals surface area contributed by atoms with Gasteiger partial charge in [0.1, 0.15) is 0 Å². The molecule has 0 atom stereocenters. The Balaban J connectivity index is 1.99. The van der Waals surface area contributed by atoms with Crippen LogP contribution in [0.25, 0.3) is 0 Å². The normalized spacial score (nSPS) is 17.9. The topological polar surface area (TPSA) is 23.6 Å². The molecule has 1 fully saturated rings. The molecule has 0 amide bonds.